The molecule has 0 bridgehead atoms. The van der Waals surface area contributed by atoms with Gasteiger partial charge in [-0.1, -0.05) is 91.0 Å². The average molecular weight is 515 g/mol. The Bertz CT molecular complexity index is 2390. The predicted octanol–water partition coefficient (Wildman–Crippen LogP) is 10.2. The van der Waals surface area contributed by atoms with Crippen molar-refractivity contribution in [3.05, 3.63) is 133 Å². The summed E-state index contributed by atoms with van der Waals surface area (Å²) < 4.78 is 6.23. The van der Waals surface area contributed by atoms with Crippen LogP contribution in [0.4, 0.5) is 0 Å². The van der Waals surface area contributed by atoms with Gasteiger partial charge >= 0.3 is 0 Å². The zero-order valence-electron chi connectivity index (χ0n) is 21.0. The molecule has 0 saturated heterocycles. The Morgan fingerprint density at radius 1 is 0.436 bits per heavy atom. The van der Waals surface area contributed by atoms with Gasteiger partial charge in [-0.25, -0.2) is 0 Å². The molecule has 0 aliphatic heterocycles. The van der Waals surface area contributed by atoms with Gasteiger partial charge in [-0.05, 0) is 53.2 Å². The molecule has 0 saturated carbocycles. The molecule has 3 heteroatoms. The Labute approximate surface area is 228 Å². The van der Waals surface area contributed by atoms with E-state index in [0.717, 1.165) is 0 Å². The lowest BCUT2D eigenvalue weighted by molar-refractivity contribution is 1.19. The summed E-state index contributed by atoms with van der Waals surface area (Å²) in [5, 5.41) is 9.06. The molecular weight excluding hydrogens is 492 g/mol. The monoisotopic (exact) mass is 514 g/mol. The molecule has 0 unspecified atom stereocenters. The number of hydrogen-bond acceptors (Lipinski definition) is 1. The lowest BCUT2D eigenvalue weighted by atomic mass is 10.1. The molecule has 3 heterocycles. The number of rotatable bonds is 2. The number of aromatic nitrogens is 2. The quantitative estimate of drug-likeness (QED) is 0.217. The van der Waals surface area contributed by atoms with E-state index >= 15 is 0 Å². The summed E-state index contributed by atoms with van der Waals surface area (Å²) in [6, 6.07) is 48.5. The predicted molar refractivity (Wildman–Crippen MR) is 168 cm³/mol. The second-order valence-electron chi connectivity index (χ2n) is 10.2. The highest BCUT2D eigenvalue weighted by molar-refractivity contribution is 7.26. The van der Waals surface area contributed by atoms with Crippen molar-refractivity contribution in [2.75, 3.05) is 0 Å². The fraction of sp³-hybridized carbons (Fsp3) is 0. The third-order valence-corrected chi connectivity index (χ3v) is 9.23. The van der Waals surface area contributed by atoms with Crippen LogP contribution in [-0.2, 0) is 0 Å². The van der Waals surface area contributed by atoms with Gasteiger partial charge in [0.15, 0.2) is 0 Å². The first-order valence-corrected chi connectivity index (χ1v) is 14.1. The summed E-state index contributed by atoms with van der Waals surface area (Å²) >= 11 is 1.89. The fourth-order valence-electron chi connectivity index (χ4n) is 6.44. The summed E-state index contributed by atoms with van der Waals surface area (Å²) in [7, 11) is 0. The van der Waals surface area contributed by atoms with Crippen LogP contribution in [0.5, 0.6) is 0 Å². The summed E-state index contributed by atoms with van der Waals surface area (Å²) in [4.78, 5) is 1.29. The molecule has 0 radical (unpaired) electrons. The smallest absolute Gasteiger partial charge is 0.109 e. The summed E-state index contributed by atoms with van der Waals surface area (Å²) in [6.45, 7) is 0. The molecule has 0 aliphatic carbocycles. The molecule has 0 aliphatic rings. The minimum atomic E-state index is 1.19. The van der Waals surface area contributed by atoms with Crippen molar-refractivity contribution in [1.82, 2.24) is 9.13 Å². The zero-order chi connectivity index (χ0) is 25.5. The normalized spacial score (nSPS) is 12.1. The summed E-state index contributed by atoms with van der Waals surface area (Å²) in [5.41, 5.74) is 6.16. The number of benzene rings is 6. The first-order valence-electron chi connectivity index (χ1n) is 13.3. The maximum Gasteiger partial charge on any atom is 0.109 e. The third kappa shape index (κ3) is 2.85. The molecule has 0 spiro atoms. The molecule has 9 rings (SSSR count). The molecule has 3 aromatic heterocycles. The minimum Gasteiger partial charge on any atom is -0.309 e. The number of nitrogens with zero attached hydrogens (tertiary/aromatic N) is 2. The van der Waals surface area contributed by atoms with Crippen LogP contribution < -0.4 is 0 Å². The van der Waals surface area contributed by atoms with Crippen LogP contribution in [0.25, 0.3) is 75.2 Å². The molecule has 182 valence electrons. The lowest BCUT2D eigenvalue weighted by Gasteiger charge is -2.10. The van der Waals surface area contributed by atoms with E-state index in [9.17, 15) is 0 Å². The molecule has 0 N–H and O–H groups in total. The van der Waals surface area contributed by atoms with Gasteiger partial charge in [0, 0.05) is 43.0 Å². The molecule has 0 atom stereocenters. The Morgan fingerprint density at radius 2 is 1.13 bits per heavy atom. The fourth-order valence-corrected chi connectivity index (χ4v) is 7.70. The van der Waals surface area contributed by atoms with Crippen LogP contribution in [0.3, 0.4) is 0 Å². The third-order valence-electron chi connectivity index (χ3n) is 8.09. The van der Waals surface area contributed by atoms with Gasteiger partial charge in [-0.2, -0.15) is 0 Å². The van der Waals surface area contributed by atoms with Gasteiger partial charge in [-0.15, -0.1) is 11.3 Å². The van der Waals surface area contributed by atoms with Crippen LogP contribution in [0.15, 0.2) is 133 Å². The highest BCUT2D eigenvalue weighted by Crippen LogP contribution is 2.47. The van der Waals surface area contributed by atoms with E-state index < -0.39 is 0 Å². The zero-order valence-corrected chi connectivity index (χ0v) is 21.8. The summed E-state index contributed by atoms with van der Waals surface area (Å²) in [5.74, 6) is 0. The first kappa shape index (κ1) is 21.1. The van der Waals surface area contributed by atoms with E-state index in [1.54, 1.807) is 0 Å². The van der Waals surface area contributed by atoms with Gasteiger partial charge < -0.3 is 9.13 Å². The molecule has 2 nitrogen and oxygen atoms in total. The second kappa shape index (κ2) is 7.83. The van der Waals surface area contributed by atoms with Crippen molar-refractivity contribution < 1.29 is 0 Å². The standard InChI is InChI=1S/C36H22N2S/c1-2-12-25(13-3-1)38-31-17-9-7-15-29(31)33-34-32(39-36(33)38)21-20-28-27-14-6-8-16-30(27)37(35(28)34)26-19-18-23-10-4-5-11-24(23)22-26/h1-22H. The Morgan fingerprint density at radius 3 is 1.97 bits per heavy atom. The van der Waals surface area contributed by atoms with Crippen molar-refractivity contribution in [3.63, 3.8) is 0 Å². The molecule has 6 aromatic carbocycles. The number of hydrogen-bond donors (Lipinski definition) is 0. The lowest BCUT2D eigenvalue weighted by Crippen LogP contribution is -1.94. The summed E-state index contributed by atoms with van der Waals surface area (Å²) in [6.07, 6.45) is 0. The number of para-hydroxylation sites is 3. The Hall–Kier alpha value is -4.86. The molecule has 0 fully saturated rings. The van der Waals surface area contributed by atoms with E-state index in [-0.39, 0.29) is 0 Å². The highest BCUT2D eigenvalue weighted by Gasteiger charge is 2.22. The van der Waals surface area contributed by atoms with Crippen LogP contribution in [0.2, 0.25) is 0 Å². The van der Waals surface area contributed by atoms with E-state index in [2.05, 4.69) is 143 Å². The van der Waals surface area contributed by atoms with Crippen LogP contribution in [0.1, 0.15) is 0 Å². The molecule has 39 heavy (non-hydrogen) atoms. The van der Waals surface area contributed by atoms with Crippen molar-refractivity contribution in [2.24, 2.45) is 0 Å². The van der Waals surface area contributed by atoms with Crippen molar-refractivity contribution in [1.29, 1.82) is 0 Å². The van der Waals surface area contributed by atoms with E-state index in [0.29, 0.717) is 0 Å². The second-order valence-corrected chi connectivity index (χ2v) is 11.2. The van der Waals surface area contributed by atoms with Gasteiger partial charge in [0.1, 0.15) is 4.83 Å². The molecule has 9 aromatic rings. The number of fused-ring (bicyclic) bond motifs is 10. The van der Waals surface area contributed by atoms with E-state index in [1.165, 1.54) is 75.2 Å². The number of thiophene rings is 1. The topological polar surface area (TPSA) is 9.86 Å². The maximum absolute atomic E-state index is 2.49. The molecular formula is C36H22N2S. The minimum absolute atomic E-state index is 1.19. The Balaban J connectivity index is 1.52. The van der Waals surface area contributed by atoms with Crippen molar-refractivity contribution >= 4 is 75.1 Å². The van der Waals surface area contributed by atoms with E-state index in [1.807, 2.05) is 11.3 Å². The SMILES string of the molecule is c1ccc(-n2c3ccccc3c3c4c(ccc5c6ccccc6n(-c6ccc7ccccc7c6)c54)sc32)cc1. The van der Waals surface area contributed by atoms with Crippen molar-refractivity contribution in [3.8, 4) is 11.4 Å². The highest BCUT2D eigenvalue weighted by atomic mass is 32.1. The first-order chi connectivity index (χ1) is 19.4. The van der Waals surface area contributed by atoms with Gasteiger partial charge in [0.2, 0.25) is 0 Å². The van der Waals surface area contributed by atoms with Gasteiger partial charge in [-0.3, -0.25) is 0 Å². The van der Waals surface area contributed by atoms with Crippen LogP contribution in [-0.4, -0.2) is 9.13 Å². The van der Waals surface area contributed by atoms with Crippen LogP contribution in [0, 0.1) is 0 Å². The van der Waals surface area contributed by atoms with Crippen molar-refractivity contribution in [2.45, 2.75) is 0 Å². The van der Waals surface area contributed by atoms with Gasteiger partial charge in [0.05, 0.1) is 16.6 Å². The molecule has 0 amide bonds. The van der Waals surface area contributed by atoms with E-state index in [4.69, 9.17) is 0 Å². The largest absolute Gasteiger partial charge is 0.309 e. The maximum atomic E-state index is 2.49. The average Bonchev–Trinajstić information content (AvgIpc) is 3.64. The van der Waals surface area contributed by atoms with Gasteiger partial charge in [0.25, 0.3) is 0 Å². The van der Waals surface area contributed by atoms with Crippen LogP contribution >= 0.6 is 11.3 Å². The Kier molecular flexibility index (Phi) is 4.24.